The summed E-state index contributed by atoms with van der Waals surface area (Å²) in [5, 5.41) is 0.838. The zero-order chi connectivity index (χ0) is 13.9. The number of benzene rings is 1. The molecule has 106 valence electrons. The highest BCUT2D eigenvalue weighted by Crippen LogP contribution is 2.30. The van der Waals surface area contributed by atoms with Crippen LogP contribution in [0.2, 0.25) is 0 Å². The summed E-state index contributed by atoms with van der Waals surface area (Å²) in [6.07, 6.45) is 1.69. The maximum Gasteiger partial charge on any atom is 0.150 e. The van der Waals surface area contributed by atoms with E-state index in [1.807, 2.05) is 18.2 Å². The van der Waals surface area contributed by atoms with Gasteiger partial charge in [-0.05, 0) is 42.4 Å². The van der Waals surface area contributed by atoms with Gasteiger partial charge < -0.3 is 4.74 Å². The van der Waals surface area contributed by atoms with Crippen LogP contribution in [0.4, 0.5) is 0 Å². The first kappa shape index (κ1) is 14.9. The van der Waals surface area contributed by atoms with E-state index in [1.54, 1.807) is 7.11 Å². The number of hydrogen-bond donors (Lipinski definition) is 0. The molecule has 0 saturated carbocycles. The van der Waals surface area contributed by atoms with Crippen molar-refractivity contribution in [1.82, 2.24) is 0 Å². The Bertz CT molecular complexity index is 527. The lowest BCUT2D eigenvalue weighted by Gasteiger charge is -2.20. The van der Waals surface area contributed by atoms with Crippen molar-refractivity contribution in [3.05, 3.63) is 29.8 Å². The van der Waals surface area contributed by atoms with E-state index in [1.165, 1.54) is 5.56 Å². The third kappa shape index (κ3) is 3.96. The van der Waals surface area contributed by atoms with Gasteiger partial charge in [-0.25, -0.2) is 8.42 Å². The fourth-order valence-electron chi connectivity index (χ4n) is 2.64. The highest BCUT2D eigenvalue weighted by molar-refractivity contribution is 9.09. The molecule has 1 aromatic carbocycles. The van der Waals surface area contributed by atoms with Crippen LogP contribution in [-0.4, -0.2) is 32.4 Å². The SMILES string of the molecule is COc1cccc(CC(CBr)C2CCS(=O)(=O)C2)c1. The van der Waals surface area contributed by atoms with E-state index in [4.69, 9.17) is 4.74 Å². The second kappa shape index (κ2) is 6.27. The predicted molar refractivity (Wildman–Crippen MR) is 80.7 cm³/mol. The van der Waals surface area contributed by atoms with Gasteiger partial charge in [0.15, 0.2) is 9.84 Å². The highest BCUT2D eigenvalue weighted by atomic mass is 79.9. The summed E-state index contributed by atoms with van der Waals surface area (Å²) >= 11 is 3.53. The van der Waals surface area contributed by atoms with E-state index < -0.39 is 9.84 Å². The van der Waals surface area contributed by atoms with Gasteiger partial charge in [0.25, 0.3) is 0 Å². The molecule has 0 aromatic heterocycles. The molecule has 19 heavy (non-hydrogen) atoms. The minimum Gasteiger partial charge on any atom is -0.497 e. The molecule has 1 aliphatic rings. The van der Waals surface area contributed by atoms with Gasteiger partial charge in [0.1, 0.15) is 5.75 Å². The Morgan fingerprint density at radius 3 is 2.84 bits per heavy atom. The fourth-order valence-corrected chi connectivity index (χ4v) is 5.32. The van der Waals surface area contributed by atoms with Crippen LogP contribution in [0.1, 0.15) is 12.0 Å². The third-order valence-electron chi connectivity index (χ3n) is 3.76. The normalized spacial score (nSPS) is 23.2. The van der Waals surface area contributed by atoms with E-state index >= 15 is 0 Å². The van der Waals surface area contributed by atoms with Crippen molar-refractivity contribution in [3.63, 3.8) is 0 Å². The monoisotopic (exact) mass is 346 g/mol. The first-order valence-corrected chi connectivity index (χ1v) is 9.37. The molecule has 1 aromatic rings. The Morgan fingerprint density at radius 2 is 2.26 bits per heavy atom. The second-order valence-electron chi connectivity index (χ2n) is 5.13. The molecule has 0 N–H and O–H groups in total. The van der Waals surface area contributed by atoms with Crippen molar-refractivity contribution in [1.29, 1.82) is 0 Å². The van der Waals surface area contributed by atoms with Crippen molar-refractivity contribution in [2.75, 3.05) is 23.9 Å². The van der Waals surface area contributed by atoms with Gasteiger partial charge in [-0.3, -0.25) is 0 Å². The first-order chi connectivity index (χ1) is 9.04. The van der Waals surface area contributed by atoms with E-state index in [9.17, 15) is 8.42 Å². The lowest BCUT2D eigenvalue weighted by Crippen LogP contribution is -2.20. The number of halogens is 1. The van der Waals surface area contributed by atoms with Crippen LogP contribution in [0.5, 0.6) is 5.75 Å². The topological polar surface area (TPSA) is 43.4 Å². The van der Waals surface area contributed by atoms with Crippen LogP contribution in [0.25, 0.3) is 0 Å². The Morgan fingerprint density at radius 1 is 1.47 bits per heavy atom. The maximum atomic E-state index is 11.6. The Hall–Kier alpha value is -0.550. The minimum atomic E-state index is -2.80. The molecule has 0 spiro atoms. The van der Waals surface area contributed by atoms with E-state index in [0.717, 1.165) is 23.9 Å². The number of hydrogen-bond acceptors (Lipinski definition) is 3. The molecule has 1 heterocycles. The number of methoxy groups -OCH3 is 1. The number of alkyl halides is 1. The van der Waals surface area contributed by atoms with E-state index in [2.05, 4.69) is 22.0 Å². The summed E-state index contributed by atoms with van der Waals surface area (Å²) in [5.41, 5.74) is 1.20. The molecular formula is C14H19BrO3S. The molecule has 2 rings (SSSR count). The fraction of sp³-hybridized carbons (Fsp3) is 0.571. The number of ether oxygens (including phenoxy) is 1. The molecule has 1 aliphatic heterocycles. The Balaban J connectivity index is 2.06. The van der Waals surface area contributed by atoms with Crippen LogP contribution >= 0.6 is 15.9 Å². The van der Waals surface area contributed by atoms with Crippen molar-refractivity contribution >= 4 is 25.8 Å². The zero-order valence-electron chi connectivity index (χ0n) is 11.0. The van der Waals surface area contributed by atoms with Crippen molar-refractivity contribution < 1.29 is 13.2 Å². The molecule has 0 amide bonds. The number of rotatable bonds is 5. The van der Waals surface area contributed by atoms with Gasteiger partial charge in [0.2, 0.25) is 0 Å². The molecule has 1 fully saturated rings. The smallest absolute Gasteiger partial charge is 0.150 e. The lowest BCUT2D eigenvalue weighted by atomic mass is 9.88. The van der Waals surface area contributed by atoms with E-state index in [-0.39, 0.29) is 5.92 Å². The summed E-state index contributed by atoms with van der Waals surface area (Å²) in [7, 11) is -1.14. The standard InChI is InChI=1S/C14H19BrO3S/c1-18-14-4-2-3-11(8-14)7-13(9-15)12-5-6-19(16,17)10-12/h2-4,8,12-13H,5-7,9-10H2,1H3. The zero-order valence-corrected chi connectivity index (χ0v) is 13.4. The van der Waals surface area contributed by atoms with E-state index in [0.29, 0.717) is 17.4 Å². The predicted octanol–water partition coefficient (Wildman–Crippen LogP) is 2.68. The Labute approximate surface area is 123 Å². The van der Waals surface area contributed by atoms with Crippen LogP contribution in [0.3, 0.4) is 0 Å². The van der Waals surface area contributed by atoms with Crippen molar-refractivity contribution in [2.24, 2.45) is 11.8 Å². The van der Waals surface area contributed by atoms with Crippen LogP contribution in [0, 0.1) is 11.8 Å². The van der Waals surface area contributed by atoms with Gasteiger partial charge in [-0.1, -0.05) is 28.1 Å². The first-order valence-electron chi connectivity index (χ1n) is 6.43. The molecule has 2 unspecified atom stereocenters. The molecule has 0 bridgehead atoms. The summed E-state index contributed by atoms with van der Waals surface area (Å²) in [4.78, 5) is 0. The summed E-state index contributed by atoms with van der Waals surface area (Å²) in [6, 6.07) is 8.00. The molecular weight excluding hydrogens is 328 g/mol. The van der Waals surface area contributed by atoms with Gasteiger partial charge in [0.05, 0.1) is 18.6 Å². The maximum absolute atomic E-state index is 11.6. The van der Waals surface area contributed by atoms with Crippen LogP contribution in [-0.2, 0) is 16.3 Å². The average Bonchev–Trinajstić information content (AvgIpc) is 2.76. The largest absolute Gasteiger partial charge is 0.497 e. The quantitative estimate of drug-likeness (QED) is 0.770. The molecule has 1 saturated heterocycles. The average molecular weight is 347 g/mol. The number of sulfone groups is 1. The lowest BCUT2D eigenvalue weighted by molar-refractivity contribution is 0.397. The summed E-state index contributed by atoms with van der Waals surface area (Å²) in [5.74, 6) is 2.18. The van der Waals surface area contributed by atoms with Gasteiger partial charge in [0, 0.05) is 5.33 Å². The molecule has 3 nitrogen and oxygen atoms in total. The highest BCUT2D eigenvalue weighted by Gasteiger charge is 2.33. The van der Waals surface area contributed by atoms with Gasteiger partial charge in [-0.2, -0.15) is 0 Å². The Kier molecular flexibility index (Phi) is 4.90. The second-order valence-corrected chi connectivity index (χ2v) is 8.01. The molecule has 0 radical (unpaired) electrons. The van der Waals surface area contributed by atoms with Crippen LogP contribution in [0.15, 0.2) is 24.3 Å². The van der Waals surface area contributed by atoms with Crippen molar-refractivity contribution in [3.8, 4) is 5.75 Å². The van der Waals surface area contributed by atoms with Crippen LogP contribution < -0.4 is 4.74 Å². The summed E-state index contributed by atoms with van der Waals surface area (Å²) in [6.45, 7) is 0. The molecule has 2 atom stereocenters. The van der Waals surface area contributed by atoms with Gasteiger partial charge in [-0.15, -0.1) is 0 Å². The molecule has 5 heteroatoms. The van der Waals surface area contributed by atoms with Crippen molar-refractivity contribution in [2.45, 2.75) is 12.8 Å². The van der Waals surface area contributed by atoms with Gasteiger partial charge >= 0.3 is 0 Å². The third-order valence-corrected chi connectivity index (χ3v) is 6.39. The minimum absolute atomic E-state index is 0.274. The summed E-state index contributed by atoms with van der Waals surface area (Å²) < 4.78 is 28.4. The molecule has 0 aliphatic carbocycles.